The Hall–Kier alpha value is -1.40. The summed E-state index contributed by atoms with van der Waals surface area (Å²) < 4.78 is 22.5. The first-order valence-corrected chi connectivity index (χ1v) is 10.7. The number of sulfone groups is 1. The molecule has 132 valence electrons. The van der Waals surface area contributed by atoms with E-state index in [1.54, 1.807) is 0 Å². The SMILES string of the molecule is CS(=O)(=O)CCC(=O)N1CCCN(C2Cc3ccccc3C2)CC1. The summed E-state index contributed by atoms with van der Waals surface area (Å²) in [6.07, 6.45) is 4.43. The van der Waals surface area contributed by atoms with Gasteiger partial charge in [0.05, 0.1) is 5.75 Å². The van der Waals surface area contributed by atoms with Gasteiger partial charge in [0.2, 0.25) is 5.91 Å². The smallest absolute Gasteiger partial charge is 0.223 e. The van der Waals surface area contributed by atoms with Crippen molar-refractivity contribution in [1.29, 1.82) is 0 Å². The quantitative estimate of drug-likeness (QED) is 0.817. The van der Waals surface area contributed by atoms with E-state index in [1.807, 2.05) is 4.90 Å². The van der Waals surface area contributed by atoms with E-state index >= 15 is 0 Å². The van der Waals surface area contributed by atoms with Gasteiger partial charge in [0, 0.05) is 44.9 Å². The number of carbonyl (C=O) groups excluding carboxylic acids is 1. The third kappa shape index (κ3) is 4.36. The summed E-state index contributed by atoms with van der Waals surface area (Å²) in [5.74, 6) is -0.0822. The second-order valence-corrected chi connectivity index (χ2v) is 9.24. The van der Waals surface area contributed by atoms with Crippen molar-refractivity contribution in [3.63, 3.8) is 0 Å². The highest BCUT2D eigenvalue weighted by Crippen LogP contribution is 2.26. The van der Waals surface area contributed by atoms with Gasteiger partial charge in [-0.3, -0.25) is 9.69 Å². The molecule has 1 aliphatic heterocycles. The van der Waals surface area contributed by atoms with Crippen LogP contribution in [0.2, 0.25) is 0 Å². The fraction of sp³-hybridized carbons (Fsp3) is 0.611. The Kier molecular flexibility index (Phi) is 5.25. The maximum atomic E-state index is 12.2. The Morgan fingerprint density at radius 1 is 1.08 bits per heavy atom. The number of benzene rings is 1. The minimum Gasteiger partial charge on any atom is -0.341 e. The van der Waals surface area contributed by atoms with Gasteiger partial charge in [-0.15, -0.1) is 0 Å². The van der Waals surface area contributed by atoms with Crippen LogP contribution in [0.5, 0.6) is 0 Å². The first-order chi connectivity index (χ1) is 11.4. The normalized spacial score (nSPS) is 20.0. The first kappa shape index (κ1) is 17.4. The van der Waals surface area contributed by atoms with Crippen LogP contribution in [-0.4, -0.2) is 68.4 Å². The van der Waals surface area contributed by atoms with Gasteiger partial charge in [-0.05, 0) is 30.4 Å². The lowest BCUT2D eigenvalue weighted by Gasteiger charge is -2.27. The average molecular weight is 350 g/mol. The summed E-state index contributed by atoms with van der Waals surface area (Å²) in [5, 5.41) is 0. The number of rotatable bonds is 4. The van der Waals surface area contributed by atoms with Crippen LogP contribution in [0.1, 0.15) is 24.0 Å². The zero-order valence-corrected chi connectivity index (χ0v) is 15.1. The Morgan fingerprint density at radius 2 is 1.75 bits per heavy atom. The molecule has 6 heteroatoms. The summed E-state index contributed by atoms with van der Waals surface area (Å²) in [6.45, 7) is 3.33. The molecule has 1 aromatic rings. The maximum Gasteiger partial charge on any atom is 0.223 e. The van der Waals surface area contributed by atoms with Crippen molar-refractivity contribution in [2.75, 3.05) is 38.2 Å². The molecule has 0 atom stereocenters. The number of hydrogen-bond donors (Lipinski definition) is 0. The molecule has 1 saturated heterocycles. The molecule has 0 aromatic heterocycles. The lowest BCUT2D eigenvalue weighted by atomic mass is 10.1. The van der Waals surface area contributed by atoms with E-state index in [0.29, 0.717) is 12.6 Å². The van der Waals surface area contributed by atoms with Gasteiger partial charge in [-0.2, -0.15) is 0 Å². The monoisotopic (exact) mass is 350 g/mol. The minimum absolute atomic E-state index is 0.0306. The number of fused-ring (bicyclic) bond motifs is 1. The van der Waals surface area contributed by atoms with Crippen LogP contribution in [0.3, 0.4) is 0 Å². The molecule has 3 rings (SSSR count). The molecule has 2 aliphatic rings. The standard InChI is InChI=1S/C18H26N2O3S/c1-24(22,23)12-7-18(21)20-9-4-8-19(10-11-20)17-13-15-5-2-3-6-16(15)14-17/h2-3,5-6,17H,4,7-14H2,1H3. The highest BCUT2D eigenvalue weighted by atomic mass is 32.2. The van der Waals surface area contributed by atoms with Gasteiger partial charge in [0.15, 0.2) is 0 Å². The van der Waals surface area contributed by atoms with E-state index in [0.717, 1.165) is 38.9 Å². The Bertz CT molecular complexity index is 677. The lowest BCUT2D eigenvalue weighted by molar-refractivity contribution is -0.130. The predicted molar refractivity (Wildman–Crippen MR) is 94.7 cm³/mol. The zero-order chi connectivity index (χ0) is 17.2. The highest BCUT2D eigenvalue weighted by Gasteiger charge is 2.28. The first-order valence-electron chi connectivity index (χ1n) is 8.69. The van der Waals surface area contributed by atoms with Crippen LogP contribution in [0, 0.1) is 0 Å². The third-order valence-corrected chi connectivity index (χ3v) is 6.06. The molecular formula is C18H26N2O3S. The largest absolute Gasteiger partial charge is 0.341 e. The van der Waals surface area contributed by atoms with Crippen molar-refractivity contribution < 1.29 is 13.2 Å². The number of amides is 1. The summed E-state index contributed by atoms with van der Waals surface area (Å²) >= 11 is 0. The second-order valence-electron chi connectivity index (χ2n) is 6.98. The maximum absolute atomic E-state index is 12.2. The van der Waals surface area contributed by atoms with Crippen molar-refractivity contribution >= 4 is 15.7 Å². The zero-order valence-electron chi connectivity index (χ0n) is 14.3. The Labute approximate surface area is 144 Å². The summed E-state index contributed by atoms with van der Waals surface area (Å²) in [7, 11) is -3.08. The third-order valence-electron chi connectivity index (χ3n) is 5.12. The summed E-state index contributed by atoms with van der Waals surface area (Å²) in [5.41, 5.74) is 2.90. The fourth-order valence-electron chi connectivity index (χ4n) is 3.78. The van der Waals surface area contributed by atoms with Crippen molar-refractivity contribution in [3.05, 3.63) is 35.4 Å². The van der Waals surface area contributed by atoms with E-state index < -0.39 is 9.84 Å². The molecule has 1 fully saturated rings. The van der Waals surface area contributed by atoms with E-state index in [2.05, 4.69) is 29.2 Å². The van der Waals surface area contributed by atoms with Gasteiger partial charge in [0.25, 0.3) is 0 Å². The molecule has 0 radical (unpaired) electrons. The Balaban J connectivity index is 1.53. The van der Waals surface area contributed by atoms with Gasteiger partial charge >= 0.3 is 0 Å². The average Bonchev–Trinajstić information content (AvgIpc) is 2.81. The van der Waals surface area contributed by atoms with Crippen molar-refractivity contribution in [2.24, 2.45) is 0 Å². The van der Waals surface area contributed by atoms with Crippen molar-refractivity contribution in [2.45, 2.75) is 31.7 Å². The van der Waals surface area contributed by atoms with Crippen LogP contribution in [0.25, 0.3) is 0 Å². The molecule has 0 bridgehead atoms. The summed E-state index contributed by atoms with van der Waals surface area (Å²) in [6, 6.07) is 9.17. The van der Waals surface area contributed by atoms with Crippen LogP contribution < -0.4 is 0 Å². The molecule has 0 unspecified atom stereocenters. The van der Waals surface area contributed by atoms with E-state index in [4.69, 9.17) is 0 Å². The lowest BCUT2D eigenvalue weighted by Crippen LogP contribution is -2.40. The van der Waals surface area contributed by atoms with E-state index in [-0.39, 0.29) is 18.1 Å². The minimum atomic E-state index is -3.08. The Morgan fingerprint density at radius 3 is 2.38 bits per heavy atom. The number of hydrogen-bond acceptors (Lipinski definition) is 4. The van der Waals surface area contributed by atoms with Gasteiger partial charge in [-0.1, -0.05) is 24.3 Å². The van der Waals surface area contributed by atoms with Crippen LogP contribution in [-0.2, 0) is 27.5 Å². The number of carbonyl (C=O) groups is 1. The van der Waals surface area contributed by atoms with Gasteiger partial charge in [0.1, 0.15) is 9.84 Å². The van der Waals surface area contributed by atoms with Gasteiger partial charge < -0.3 is 4.90 Å². The second kappa shape index (κ2) is 7.23. The van der Waals surface area contributed by atoms with Crippen molar-refractivity contribution in [3.8, 4) is 0 Å². The summed E-state index contributed by atoms with van der Waals surface area (Å²) in [4.78, 5) is 16.6. The van der Waals surface area contributed by atoms with E-state index in [9.17, 15) is 13.2 Å². The molecule has 0 spiro atoms. The van der Waals surface area contributed by atoms with Crippen LogP contribution in [0.15, 0.2) is 24.3 Å². The fourth-order valence-corrected chi connectivity index (χ4v) is 4.32. The molecule has 1 aromatic carbocycles. The van der Waals surface area contributed by atoms with Gasteiger partial charge in [-0.25, -0.2) is 8.42 Å². The molecule has 1 aliphatic carbocycles. The van der Waals surface area contributed by atoms with Crippen molar-refractivity contribution in [1.82, 2.24) is 9.80 Å². The topological polar surface area (TPSA) is 57.7 Å². The van der Waals surface area contributed by atoms with Crippen LogP contribution >= 0.6 is 0 Å². The number of nitrogens with zero attached hydrogens (tertiary/aromatic N) is 2. The predicted octanol–water partition coefficient (Wildman–Crippen LogP) is 1.12. The molecule has 0 saturated carbocycles. The van der Waals surface area contributed by atoms with Crippen LogP contribution in [0.4, 0.5) is 0 Å². The highest BCUT2D eigenvalue weighted by molar-refractivity contribution is 7.90. The molecule has 24 heavy (non-hydrogen) atoms. The molecular weight excluding hydrogens is 324 g/mol. The molecule has 5 nitrogen and oxygen atoms in total. The molecule has 0 N–H and O–H groups in total. The molecule has 1 amide bonds. The molecule has 1 heterocycles. The van der Waals surface area contributed by atoms with E-state index in [1.165, 1.54) is 17.4 Å².